The van der Waals surface area contributed by atoms with Gasteiger partial charge in [0.25, 0.3) is 0 Å². The van der Waals surface area contributed by atoms with E-state index in [9.17, 15) is 13.2 Å². The third-order valence-electron chi connectivity index (χ3n) is 1.75. The van der Waals surface area contributed by atoms with Crippen molar-refractivity contribution in [2.45, 2.75) is 4.34 Å². The van der Waals surface area contributed by atoms with E-state index in [4.69, 9.17) is 4.55 Å². The second-order valence-corrected chi connectivity index (χ2v) is 5.43. The number of benzene rings is 1. The Balaban J connectivity index is 2.71. The number of aldehydes is 1. The molecule has 1 aromatic heterocycles. The molecule has 0 saturated carbocycles. The number of carbonyl (C=O) groups is 1. The Morgan fingerprint density at radius 3 is 2.73 bits per heavy atom. The van der Waals surface area contributed by atoms with Gasteiger partial charge >= 0.3 is 10.1 Å². The highest BCUT2D eigenvalue weighted by Crippen LogP contribution is 2.25. The first-order valence-corrected chi connectivity index (χ1v) is 6.09. The summed E-state index contributed by atoms with van der Waals surface area (Å²) in [5, 5.41) is 0. The van der Waals surface area contributed by atoms with Crippen molar-refractivity contribution in [3.8, 4) is 0 Å². The molecule has 0 aliphatic rings. The zero-order chi connectivity index (χ0) is 11.1. The zero-order valence-corrected chi connectivity index (χ0v) is 8.88. The number of nitrogens with zero attached hydrogens (tertiary/aromatic N) is 1. The van der Waals surface area contributed by atoms with E-state index in [1.54, 1.807) is 0 Å². The number of hydrogen-bond acceptors (Lipinski definition) is 5. The van der Waals surface area contributed by atoms with Crippen molar-refractivity contribution in [1.82, 2.24) is 4.98 Å². The van der Waals surface area contributed by atoms with Crippen LogP contribution in [0.1, 0.15) is 10.4 Å². The monoisotopic (exact) mass is 243 g/mol. The summed E-state index contributed by atoms with van der Waals surface area (Å²) in [6.45, 7) is 0. The van der Waals surface area contributed by atoms with E-state index in [0.717, 1.165) is 11.3 Å². The van der Waals surface area contributed by atoms with Crippen LogP contribution in [0, 0.1) is 0 Å². The maximum Gasteiger partial charge on any atom is 0.322 e. The maximum absolute atomic E-state index is 10.8. The molecule has 1 heterocycles. The molecule has 1 aromatic carbocycles. The summed E-state index contributed by atoms with van der Waals surface area (Å²) in [6.07, 6.45) is 0.659. The van der Waals surface area contributed by atoms with Crippen molar-refractivity contribution in [2.24, 2.45) is 0 Å². The van der Waals surface area contributed by atoms with Gasteiger partial charge in [-0.05, 0) is 18.2 Å². The van der Waals surface area contributed by atoms with E-state index in [2.05, 4.69) is 4.98 Å². The van der Waals surface area contributed by atoms with Gasteiger partial charge in [0.15, 0.2) is 0 Å². The summed E-state index contributed by atoms with van der Waals surface area (Å²) in [5.74, 6) is 0. The van der Waals surface area contributed by atoms with Gasteiger partial charge < -0.3 is 0 Å². The van der Waals surface area contributed by atoms with Gasteiger partial charge in [0.05, 0.1) is 10.2 Å². The second-order valence-electron chi connectivity index (χ2n) is 2.80. The van der Waals surface area contributed by atoms with Crippen LogP contribution in [-0.4, -0.2) is 24.2 Å². The van der Waals surface area contributed by atoms with Crippen molar-refractivity contribution in [3.05, 3.63) is 23.8 Å². The lowest BCUT2D eigenvalue weighted by atomic mass is 10.2. The van der Waals surface area contributed by atoms with Crippen molar-refractivity contribution in [1.29, 1.82) is 0 Å². The topological polar surface area (TPSA) is 84.3 Å². The summed E-state index contributed by atoms with van der Waals surface area (Å²) in [7, 11) is -4.27. The Morgan fingerprint density at radius 1 is 1.40 bits per heavy atom. The average Bonchev–Trinajstić information content (AvgIpc) is 2.59. The van der Waals surface area contributed by atoms with Crippen LogP contribution in [0.25, 0.3) is 10.2 Å². The highest BCUT2D eigenvalue weighted by Gasteiger charge is 2.15. The van der Waals surface area contributed by atoms with Crippen LogP contribution >= 0.6 is 11.3 Å². The molecule has 0 atom stereocenters. The molecule has 0 fully saturated rings. The van der Waals surface area contributed by atoms with Crippen LogP contribution in [0.3, 0.4) is 0 Å². The van der Waals surface area contributed by atoms with E-state index in [1.807, 2.05) is 0 Å². The summed E-state index contributed by atoms with van der Waals surface area (Å²) in [4.78, 5) is 14.2. The second kappa shape index (κ2) is 3.37. The highest BCUT2D eigenvalue weighted by molar-refractivity contribution is 7.88. The van der Waals surface area contributed by atoms with Gasteiger partial charge in [-0.25, -0.2) is 4.98 Å². The summed E-state index contributed by atoms with van der Waals surface area (Å²) < 4.78 is 30.5. The van der Waals surface area contributed by atoms with Gasteiger partial charge in [-0.3, -0.25) is 9.35 Å². The minimum absolute atomic E-state index is 0.361. The quantitative estimate of drug-likeness (QED) is 0.635. The number of thiazole rings is 1. The van der Waals surface area contributed by atoms with Crippen molar-refractivity contribution in [3.63, 3.8) is 0 Å². The molecule has 78 valence electrons. The number of rotatable bonds is 2. The number of carbonyl (C=O) groups excluding carboxylic acids is 1. The third kappa shape index (κ3) is 1.89. The Bertz CT molecular complexity index is 629. The number of hydrogen-bond donors (Lipinski definition) is 1. The molecule has 0 aliphatic carbocycles. The molecule has 2 rings (SSSR count). The largest absolute Gasteiger partial charge is 0.322 e. The predicted octanol–water partition coefficient (Wildman–Crippen LogP) is 1.36. The minimum Gasteiger partial charge on any atom is -0.298 e. The molecule has 0 bridgehead atoms. The Morgan fingerprint density at radius 2 is 2.13 bits per heavy atom. The van der Waals surface area contributed by atoms with Gasteiger partial charge in [-0.1, -0.05) is 0 Å². The van der Waals surface area contributed by atoms with E-state index in [-0.39, 0.29) is 4.34 Å². The van der Waals surface area contributed by atoms with E-state index >= 15 is 0 Å². The lowest BCUT2D eigenvalue weighted by Gasteiger charge is -1.87. The minimum atomic E-state index is -4.27. The lowest BCUT2D eigenvalue weighted by molar-refractivity contribution is 0.112. The summed E-state index contributed by atoms with van der Waals surface area (Å²) in [6, 6.07) is 4.59. The third-order valence-corrected chi connectivity index (χ3v) is 3.98. The van der Waals surface area contributed by atoms with Crippen LogP contribution < -0.4 is 0 Å². The molecule has 5 nitrogen and oxygen atoms in total. The van der Waals surface area contributed by atoms with Gasteiger partial charge in [-0.2, -0.15) is 8.42 Å². The molecule has 7 heteroatoms. The molecule has 0 spiro atoms. The molecule has 1 N–H and O–H groups in total. The fraction of sp³-hybridized carbons (Fsp3) is 0. The van der Waals surface area contributed by atoms with Crippen molar-refractivity contribution >= 4 is 38.0 Å². The molecule has 0 amide bonds. The molecular formula is C8H5NO4S2. The van der Waals surface area contributed by atoms with E-state index < -0.39 is 10.1 Å². The molecule has 2 aromatic rings. The van der Waals surface area contributed by atoms with Crippen LogP contribution in [0.15, 0.2) is 22.5 Å². The van der Waals surface area contributed by atoms with Crippen LogP contribution in [-0.2, 0) is 10.1 Å². The summed E-state index contributed by atoms with van der Waals surface area (Å²) in [5.41, 5.74) is 0.881. The van der Waals surface area contributed by atoms with Crippen LogP contribution in [0.5, 0.6) is 0 Å². The Kier molecular flexibility index (Phi) is 2.29. The van der Waals surface area contributed by atoms with E-state index in [0.29, 0.717) is 22.1 Å². The van der Waals surface area contributed by atoms with Crippen molar-refractivity contribution in [2.75, 3.05) is 0 Å². The molecule has 0 radical (unpaired) electrons. The number of fused-ring (bicyclic) bond motifs is 1. The van der Waals surface area contributed by atoms with Gasteiger partial charge in [0, 0.05) is 5.56 Å². The average molecular weight is 243 g/mol. The first-order chi connectivity index (χ1) is 7.00. The normalized spacial score (nSPS) is 11.8. The van der Waals surface area contributed by atoms with Crippen molar-refractivity contribution < 1.29 is 17.8 Å². The number of aromatic nitrogens is 1. The maximum atomic E-state index is 10.8. The summed E-state index contributed by atoms with van der Waals surface area (Å²) >= 11 is 0.826. The van der Waals surface area contributed by atoms with Gasteiger partial charge in [0.1, 0.15) is 6.29 Å². The SMILES string of the molecule is O=Cc1ccc2nc(S(=O)(=O)O)sc2c1. The molecule has 15 heavy (non-hydrogen) atoms. The van der Waals surface area contributed by atoms with E-state index in [1.165, 1.54) is 18.2 Å². The fourth-order valence-corrected chi connectivity index (χ4v) is 2.75. The standard InChI is InChI=1S/C8H5NO4S2/c10-4-5-1-2-6-7(3-5)14-8(9-6)15(11,12)13/h1-4H,(H,11,12,13). The lowest BCUT2D eigenvalue weighted by Crippen LogP contribution is -1.95. The van der Waals surface area contributed by atoms with Crippen LogP contribution in [0.4, 0.5) is 0 Å². The molecule has 0 unspecified atom stereocenters. The van der Waals surface area contributed by atoms with Gasteiger partial charge in [-0.15, -0.1) is 11.3 Å². The molecule has 0 aliphatic heterocycles. The highest BCUT2D eigenvalue weighted by atomic mass is 32.3. The van der Waals surface area contributed by atoms with Gasteiger partial charge in [0.2, 0.25) is 4.34 Å². The molecule has 0 saturated heterocycles. The smallest absolute Gasteiger partial charge is 0.298 e. The predicted molar refractivity (Wildman–Crippen MR) is 54.8 cm³/mol. The molecular weight excluding hydrogens is 238 g/mol. The fourth-order valence-electron chi connectivity index (χ4n) is 1.10. The zero-order valence-electron chi connectivity index (χ0n) is 7.25. The Hall–Kier alpha value is -1.31. The first-order valence-electron chi connectivity index (χ1n) is 3.84. The van der Waals surface area contributed by atoms with Crippen LogP contribution in [0.2, 0.25) is 0 Å². The Labute approximate surface area is 89.1 Å². The first kappa shape index (κ1) is 10.2.